The van der Waals surface area contributed by atoms with Crippen molar-refractivity contribution in [2.75, 3.05) is 5.32 Å². The van der Waals surface area contributed by atoms with Crippen LogP contribution in [-0.2, 0) is 4.74 Å². The van der Waals surface area contributed by atoms with Gasteiger partial charge in [0.25, 0.3) is 5.91 Å². The quantitative estimate of drug-likeness (QED) is 0.375. The Morgan fingerprint density at radius 2 is 1.50 bits per heavy atom. The average molecular weight is 452 g/mol. The molecular weight excluding hydrogens is 426 g/mol. The maximum absolute atomic E-state index is 13.2. The highest BCUT2D eigenvalue weighted by Gasteiger charge is 2.22. The minimum absolute atomic E-state index is 0.277. The van der Waals surface area contributed by atoms with Crippen LogP contribution in [0.15, 0.2) is 91.5 Å². The van der Waals surface area contributed by atoms with Crippen LogP contribution in [0.1, 0.15) is 41.5 Å². The van der Waals surface area contributed by atoms with E-state index in [0.29, 0.717) is 11.3 Å². The summed E-state index contributed by atoms with van der Waals surface area (Å²) in [5.41, 5.74) is 3.79. The first kappa shape index (κ1) is 22.9. The normalized spacial score (nSPS) is 11.0. The zero-order chi connectivity index (χ0) is 24.1. The van der Waals surface area contributed by atoms with Gasteiger partial charge in [-0.3, -0.25) is 14.8 Å². The molecule has 34 heavy (non-hydrogen) atoms. The molecule has 0 saturated carbocycles. The molecule has 0 spiro atoms. The van der Waals surface area contributed by atoms with Gasteiger partial charge in [0.15, 0.2) is 0 Å². The topological polar surface area (TPSA) is 81.2 Å². The fraction of sp³-hybridized carbons (Fsp3) is 0.143. The third kappa shape index (κ3) is 5.53. The third-order valence-corrected chi connectivity index (χ3v) is 4.99. The lowest BCUT2D eigenvalue weighted by atomic mass is 10.0. The summed E-state index contributed by atoms with van der Waals surface area (Å²) in [5.74, 6) is -0.891. The van der Waals surface area contributed by atoms with E-state index in [0.717, 1.165) is 22.3 Å². The van der Waals surface area contributed by atoms with Crippen LogP contribution in [0.5, 0.6) is 0 Å². The molecule has 2 aromatic carbocycles. The predicted molar refractivity (Wildman–Crippen MR) is 132 cm³/mol. The maximum atomic E-state index is 13.2. The number of hydrogen-bond acceptors (Lipinski definition) is 5. The van der Waals surface area contributed by atoms with E-state index < -0.39 is 11.6 Å². The Kier molecular flexibility index (Phi) is 6.50. The molecule has 1 amide bonds. The Labute approximate surface area is 198 Å². The summed E-state index contributed by atoms with van der Waals surface area (Å²) in [6, 6.07) is 20.5. The van der Waals surface area contributed by atoms with Gasteiger partial charge in [-0.25, -0.2) is 4.79 Å². The molecule has 0 saturated heterocycles. The second kappa shape index (κ2) is 9.67. The third-order valence-electron chi connectivity index (χ3n) is 4.99. The molecule has 0 bridgehead atoms. The Balaban J connectivity index is 1.69. The van der Waals surface area contributed by atoms with Gasteiger partial charge in [0.05, 0.1) is 16.8 Å². The first-order valence-corrected chi connectivity index (χ1v) is 10.9. The lowest BCUT2D eigenvalue weighted by Gasteiger charge is -2.21. The summed E-state index contributed by atoms with van der Waals surface area (Å²) in [5, 5.41) is 2.89. The molecule has 0 radical (unpaired) electrons. The number of nitrogens with one attached hydrogen (secondary N) is 1. The van der Waals surface area contributed by atoms with Crippen LogP contribution in [0, 0.1) is 0 Å². The molecule has 6 nitrogen and oxygen atoms in total. The zero-order valence-electron chi connectivity index (χ0n) is 19.3. The molecule has 0 aliphatic carbocycles. The van der Waals surface area contributed by atoms with E-state index in [1.165, 1.54) is 6.20 Å². The van der Waals surface area contributed by atoms with Crippen molar-refractivity contribution < 1.29 is 14.3 Å². The monoisotopic (exact) mass is 451 g/mol. The van der Waals surface area contributed by atoms with Gasteiger partial charge in [0.1, 0.15) is 5.60 Å². The minimum atomic E-state index is -0.668. The Hall–Kier alpha value is -4.32. The van der Waals surface area contributed by atoms with E-state index in [1.807, 2.05) is 48.5 Å². The molecule has 0 fully saturated rings. The molecule has 1 N–H and O–H groups in total. The van der Waals surface area contributed by atoms with Crippen molar-refractivity contribution in [2.45, 2.75) is 26.4 Å². The van der Waals surface area contributed by atoms with Crippen molar-refractivity contribution in [2.24, 2.45) is 0 Å². The van der Waals surface area contributed by atoms with Crippen molar-refractivity contribution in [1.82, 2.24) is 9.97 Å². The van der Waals surface area contributed by atoms with Gasteiger partial charge >= 0.3 is 5.97 Å². The molecule has 170 valence electrons. The van der Waals surface area contributed by atoms with Crippen LogP contribution in [0.2, 0.25) is 0 Å². The fourth-order valence-electron chi connectivity index (χ4n) is 3.42. The van der Waals surface area contributed by atoms with Crippen LogP contribution >= 0.6 is 0 Å². The lowest BCUT2D eigenvalue weighted by molar-refractivity contribution is 0.00708. The smallest absolute Gasteiger partial charge is 0.340 e. The SMILES string of the molecule is CC(C)(C)OC(=O)c1ccc(-c2ccccc2)cc1NC(=O)c1cncc(-c2cccnc2)c1. The molecular formula is C28H25N3O3. The number of ether oxygens (including phenoxy) is 1. The summed E-state index contributed by atoms with van der Waals surface area (Å²) in [4.78, 5) is 34.4. The first-order chi connectivity index (χ1) is 16.3. The van der Waals surface area contributed by atoms with Gasteiger partial charge in [0.2, 0.25) is 0 Å². The molecule has 0 aliphatic rings. The second-order valence-corrected chi connectivity index (χ2v) is 8.79. The largest absolute Gasteiger partial charge is 0.456 e. The Morgan fingerprint density at radius 1 is 0.765 bits per heavy atom. The number of aromatic nitrogens is 2. The molecule has 4 rings (SSSR count). The van der Waals surface area contributed by atoms with E-state index in [9.17, 15) is 9.59 Å². The fourth-order valence-corrected chi connectivity index (χ4v) is 3.42. The number of amides is 1. The summed E-state index contributed by atoms with van der Waals surface area (Å²) in [7, 11) is 0. The summed E-state index contributed by atoms with van der Waals surface area (Å²) < 4.78 is 5.56. The maximum Gasteiger partial charge on any atom is 0.340 e. The summed E-state index contributed by atoms with van der Waals surface area (Å²) in [6.45, 7) is 5.41. The van der Waals surface area contributed by atoms with Crippen LogP contribution in [0.4, 0.5) is 5.69 Å². The van der Waals surface area contributed by atoms with Crippen molar-refractivity contribution in [3.05, 3.63) is 103 Å². The Morgan fingerprint density at radius 3 is 2.21 bits per heavy atom. The highest BCUT2D eigenvalue weighted by molar-refractivity contribution is 6.08. The highest BCUT2D eigenvalue weighted by Crippen LogP contribution is 2.28. The number of rotatable bonds is 5. The van der Waals surface area contributed by atoms with E-state index in [1.54, 1.807) is 57.6 Å². The van der Waals surface area contributed by atoms with Crippen molar-refractivity contribution in [3.63, 3.8) is 0 Å². The standard InChI is InChI=1S/C28H25N3O3/c1-28(2,3)34-27(33)24-12-11-20(19-8-5-4-6-9-19)15-25(24)31-26(32)23-14-22(17-30-18-23)21-10-7-13-29-16-21/h4-18H,1-3H3,(H,31,32). The molecule has 0 unspecified atom stereocenters. The number of hydrogen-bond donors (Lipinski definition) is 1. The highest BCUT2D eigenvalue weighted by atomic mass is 16.6. The van der Waals surface area contributed by atoms with Gasteiger partial charge < -0.3 is 10.1 Å². The van der Waals surface area contributed by atoms with Crippen LogP contribution in [0.3, 0.4) is 0 Å². The summed E-state index contributed by atoms with van der Waals surface area (Å²) >= 11 is 0. The van der Waals surface area contributed by atoms with Crippen molar-refractivity contribution in [3.8, 4) is 22.3 Å². The van der Waals surface area contributed by atoms with Crippen LogP contribution in [0.25, 0.3) is 22.3 Å². The number of carbonyl (C=O) groups excluding carboxylic acids is 2. The minimum Gasteiger partial charge on any atom is -0.456 e. The average Bonchev–Trinajstić information content (AvgIpc) is 2.84. The van der Waals surface area contributed by atoms with Crippen molar-refractivity contribution >= 4 is 17.6 Å². The summed E-state index contributed by atoms with van der Waals surface area (Å²) in [6.07, 6.45) is 6.56. The molecule has 0 aliphatic heterocycles. The zero-order valence-corrected chi connectivity index (χ0v) is 19.3. The molecule has 0 atom stereocenters. The number of anilines is 1. The van der Waals surface area contributed by atoms with Crippen LogP contribution in [-0.4, -0.2) is 27.4 Å². The van der Waals surface area contributed by atoms with Gasteiger partial charge in [-0.2, -0.15) is 0 Å². The number of esters is 1. The second-order valence-electron chi connectivity index (χ2n) is 8.79. The van der Waals surface area contributed by atoms with Crippen molar-refractivity contribution in [1.29, 1.82) is 0 Å². The van der Waals surface area contributed by atoms with Gasteiger partial charge in [0, 0.05) is 35.9 Å². The molecule has 2 aromatic heterocycles. The first-order valence-electron chi connectivity index (χ1n) is 10.9. The van der Waals surface area contributed by atoms with E-state index >= 15 is 0 Å². The van der Waals surface area contributed by atoms with E-state index in [4.69, 9.17) is 4.74 Å². The van der Waals surface area contributed by atoms with E-state index in [-0.39, 0.29) is 11.5 Å². The molecule has 2 heterocycles. The predicted octanol–water partition coefficient (Wildman–Crippen LogP) is 6.02. The lowest BCUT2D eigenvalue weighted by Crippen LogP contribution is -2.25. The Bertz CT molecular complexity index is 1310. The van der Waals surface area contributed by atoms with Gasteiger partial charge in [-0.15, -0.1) is 0 Å². The number of pyridine rings is 2. The molecule has 4 aromatic rings. The number of benzene rings is 2. The van der Waals surface area contributed by atoms with Crippen LogP contribution < -0.4 is 5.32 Å². The number of carbonyl (C=O) groups is 2. The molecule has 6 heteroatoms. The van der Waals surface area contributed by atoms with Gasteiger partial charge in [-0.1, -0.05) is 42.5 Å². The van der Waals surface area contributed by atoms with Gasteiger partial charge in [-0.05, 0) is 56.2 Å². The van der Waals surface area contributed by atoms with E-state index in [2.05, 4.69) is 15.3 Å². The number of nitrogens with zero attached hydrogens (tertiary/aromatic N) is 2.